The number of ether oxygens (including phenoxy) is 1. The first-order chi connectivity index (χ1) is 10.1. The minimum Gasteiger partial charge on any atom is -0.486 e. The number of hydrogen-bond acceptors (Lipinski definition) is 4. The van der Waals surface area contributed by atoms with Crippen LogP contribution in [0.3, 0.4) is 0 Å². The summed E-state index contributed by atoms with van der Waals surface area (Å²) in [5, 5.41) is 12.9. The Labute approximate surface area is 135 Å². The molecule has 2 N–H and O–H groups in total. The number of thiophene rings is 1. The van der Waals surface area contributed by atoms with Crippen molar-refractivity contribution in [3.05, 3.63) is 45.2 Å². The second kappa shape index (κ2) is 7.47. The van der Waals surface area contributed by atoms with Crippen molar-refractivity contribution in [2.75, 3.05) is 12.4 Å². The molecule has 4 nitrogen and oxygen atoms in total. The van der Waals surface area contributed by atoms with Gasteiger partial charge < -0.3 is 15.2 Å². The molecule has 112 valence electrons. The molecule has 0 fully saturated rings. The van der Waals surface area contributed by atoms with Gasteiger partial charge in [-0.15, -0.1) is 11.3 Å². The van der Waals surface area contributed by atoms with Gasteiger partial charge in [-0.3, -0.25) is 4.79 Å². The van der Waals surface area contributed by atoms with Gasteiger partial charge >= 0.3 is 5.97 Å². The van der Waals surface area contributed by atoms with Crippen molar-refractivity contribution in [1.29, 1.82) is 0 Å². The molecular formula is C15H16BrNO3S. The Hall–Kier alpha value is -1.53. The Kier molecular flexibility index (Phi) is 5.64. The second-order valence-electron chi connectivity index (χ2n) is 4.50. The average Bonchev–Trinajstić information content (AvgIpc) is 2.84. The molecule has 0 saturated carbocycles. The highest BCUT2D eigenvalue weighted by Gasteiger charge is 2.07. The third-order valence-corrected chi connectivity index (χ3v) is 4.86. The molecule has 2 rings (SSSR count). The van der Waals surface area contributed by atoms with E-state index in [-0.39, 0.29) is 6.42 Å². The molecule has 0 aliphatic heterocycles. The number of carbonyl (C=O) groups is 1. The smallest absolute Gasteiger partial charge is 0.303 e. The van der Waals surface area contributed by atoms with E-state index in [1.807, 2.05) is 30.3 Å². The second-order valence-corrected chi connectivity index (χ2v) is 6.45. The van der Waals surface area contributed by atoms with Crippen LogP contribution in [0.4, 0.5) is 5.69 Å². The fourth-order valence-corrected chi connectivity index (χ4v) is 3.53. The summed E-state index contributed by atoms with van der Waals surface area (Å²) >= 11 is 5.04. The molecule has 0 aliphatic rings. The summed E-state index contributed by atoms with van der Waals surface area (Å²) in [5.41, 5.74) is 2.01. The van der Waals surface area contributed by atoms with E-state index in [1.165, 1.54) is 0 Å². The van der Waals surface area contributed by atoms with Gasteiger partial charge in [0.1, 0.15) is 0 Å². The highest BCUT2D eigenvalue weighted by atomic mass is 79.9. The molecular weight excluding hydrogens is 354 g/mol. The first-order valence-electron chi connectivity index (χ1n) is 6.45. The van der Waals surface area contributed by atoms with E-state index in [0.717, 1.165) is 25.7 Å². The molecule has 6 heteroatoms. The number of carboxylic acid groups (broad SMARTS) is 1. The lowest BCUT2D eigenvalue weighted by atomic mass is 10.1. The minimum atomic E-state index is -0.774. The van der Waals surface area contributed by atoms with Crippen molar-refractivity contribution in [2.45, 2.75) is 19.4 Å². The van der Waals surface area contributed by atoms with Gasteiger partial charge in [-0.2, -0.15) is 0 Å². The average molecular weight is 370 g/mol. The van der Waals surface area contributed by atoms with Gasteiger partial charge in [0.2, 0.25) is 0 Å². The first-order valence-corrected chi connectivity index (χ1v) is 8.06. The zero-order chi connectivity index (χ0) is 15.2. The number of benzene rings is 1. The summed E-state index contributed by atoms with van der Waals surface area (Å²) in [4.78, 5) is 11.8. The van der Waals surface area contributed by atoms with Crippen LogP contribution in [0, 0.1) is 0 Å². The Bertz CT molecular complexity index is 627. The summed E-state index contributed by atoms with van der Waals surface area (Å²) in [6.45, 7) is 0.703. The standard InChI is InChI=1S/C15H16BrNO3S/c1-20-15-13(16)8-12(21-15)9-17-11-4-2-3-10(7-11)5-6-14(18)19/h2-4,7-8,17H,5-6,9H2,1H3,(H,18,19). The topological polar surface area (TPSA) is 58.6 Å². The summed E-state index contributed by atoms with van der Waals surface area (Å²) in [5.74, 6) is -0.774. The van der Waals surface area contributed by atoms with Gasteiger partial charge in [-0.1, -0.05) is 12.1 Å². The van der Waals surface area contributed by atoms with Gasteiger partial charge in [0.15, 0.2) is 5.06 Å². The van der Waals surface area contributed by atoms with Crippen LogP contribution in [-0.2, 0) is 17.8 Å². The SMILES string of the molecule is COc1sc(CNc2cccc(CCC(=O)O)c2)cc1Br. The third kappa shape index (κ3) is 4.75. The molecule has 0 aliphatic carbocycles. The zero-order valence-electron chi connectivity index (χ0n) is 11.6. The Morgan fingerprint density at radius 3 is 2.90 bits per heavy atom. The fraction of sp³-hybridized carbons (Fsp3) is 0.267. The monoisotopic (exact) mass is 369 g/mol. The summed E-state index contributed by atoms with van der Waals surface area (Å²) in [6, 6.07) is 9.88. The number of aryl methyl sites for hydroxylation is 1. The Morgan fingerprint density at radius 2 is 2.24 bits per heavy atom. The number of carboxylic acids is 1. The van der Waals surface area contributed by atoms with Gasteiger partial charge in [0, 0.05) is 23.5 Å². The lowest BCUT2D eigenvalue weighted by Gasteiger charge is -2.07. The van der Waals surface area contributed by atoms with Crippen molar-refractivity contribution >= 4 is 38.9 Å². The molecule has 0 saturated heterocycles. The first kappa shape index (κ1) is 15.9. The summed E-state index contributed by atoms with van der Waals surface area (Å²) in [7, 11) is 1.65. The lowest BCUT2D eigenvalue weighted by Crippen LogP contribution is -2.00. The van der Waals surface area contributed by atoms with Crippen LogP contribution in [0.25, 0.3) is 0 Å². The van der Waals surface area contributed by atoms with Gasteiger partial charge in [-0.05, 0) is 46.1 Å². The number of methoxy groups -OCH3 is 1. The molecule has 21 heavy (non-hydrogen) atoms. The molecule has 0 unspecified atom stereocenters. The fourth-order valence-electron chi connectivity index (χ4n) is 1.90. The van der Waals surface area contributed by atoms with Gasteiger partial charge in [0.25, 0.3) is 0 Å². The Morgan fingerprint density at radius 1 is 1.43 bits per heavy atom. The molecule has 0 radical (unpaired) electrons. The van der Waals surface area contributed by atoms with Crippen LogP contribution in [0.2, 0.25) is 0 Å². The maximum Gasteiger partial charge on any atom is 0.303 e. The Balaban J connectivity index is 1.96. The van der Waals surface area contributed by atoms with Crippen LogP contribution >= 0.6 is 27.3 Å². The highest BCUT2D eigenvalue weighted by Crippen LogP contribution is 2.34. The summed E-state index contributed by atoms with van der Waals surface area (Å²) < 4.78 is 6.20. The van der Waals surface area contributed by atoms with Crippen LogP contribution in [0.15, 0.2) is 34.8 Å². The zero-order valence-corrected chi connectivity index (χ0v) is 14.0. The highest BCUT2D eigenvalue weighted by molar-refractivity contribution is 9.10. The number of aliphatic carboxylic acids is 1. The van der Waals surface area contributed by atoms with E-state index in [9.17, 15) is 4.79 Å². The number of hydrogen-bond donors (Lipinski definition) is 2. The molecule has 1 aromatic heterocycles. The van der Waals surface area contributed by atoms with Gasteiger partial charge in [-0.25, -0.2) is 0 Å². The normalized spacial score (nSPS) is 10.4. The van der Waals surface area contributed by atoms with E-state index in [4.69, 9.17) is 9.84 Å². The molecule has 0 amide bonds. The van der Waals surface area contributed by atoms with Crippen LogP contribution in [0.5, 0.6) is 5.06 Å². The van der Waals surface area contributed by atoms with E-state index < -0.39 is 5.97 Å². The number of halogens is 1. The van der Waals surface area contributed by atoms with Crippen LogP contribution in [-0.4, -0.2) is 18.2 Å². The lowest BCUT2D eigenvalue weighted by molar-refractivity contribution is -0.136. The molecule has 1 aromatic carbocycles. The largest absolute Gasteiger partial charge is 0.486 e. The van der Waals surface area contributed by atoms with Gasteiger partial charge in [0.05, 0.1) is 11.6 Å². The summed E-state index contributed by atoms with van der Waals surface area (Å²) in [6.07, 6.45) is 0.696. The van der Waals surface area contributed by atoms with Crippen molar-refractivity contribution < 1.29 is 14.6 Å². The predicted molar refractivity (Wildman–Crippen MR) is 88.3 cm³/mol. The molecule has 0 atom stereocenters. The van der Waals surface area contributed by atoms with Crippen molar-refractivity contribution in [3.63, 3.8) is 0 Å². The predicted octanol–water partition coefficient (Wildman–Crippen LogP) is 4.15. The number of anilines is 1. The quantitative estimate of drug-likeness (QED) is 0.769. The molecule has 2 aromatic rings. The maximum absolute atomic E-state index is 10.6. The van der Waals surface area contributed by atoms with Crippen LogP contribution in [0.1, 0.15) is 16.9 Å². The van der Waals surface area contributed by atoms with E-state index >= 15 is 0 Å². The van der Waals surface area contributed by atoms with E-state index in [2.05, 4.69) is 21.2 Å². The van der Waals surface area contributed by atoms with E-state index in [0.29, 0.717) is 13.0 Å². The third-order valence-electron chi connectivity index (χ3n) is 2.91. The van der Waals surface area contributed by atoms with Crippen LogP contribution < -0.4 is 10.1 Å². The van der Waals surface area contributed by atoms with Crippen molar-refractivity contribution in [2.24, 2.45) is 0 Å². The van der Waals surface area contributed by atoms with Crippen molar-refractivity contribution in [3.8, 4) is 5.06 Å². The molecule has 1 heterocycles. The number of rotatable bonds is 7. The van der Waals surface area contributed by atoms with E-state index in [1.54, 1.807) is 18.4 Å². The molecule has 0 spiro atoms. The molecule has 0 bridgehead atoms. The maximum atomic E-state index is 10.6. The minimum absolute atomic E-state index is 0.151. The van der Waals surface area contributed by atoms with Crippen molar-refractivity contribution in [1.82, 2.24) is 0 Å². The number of nitrogens with one attached hydrogen (secondary N) is 1.